The van der Waals surface area contributed by atoms with Gasteiger partial charge in [-0.25, -0.2) is 9.97 Å². The Hall–Kier alpha value is -3.37. The van der Waals surface area contributed by atoms with Gasteiger partial charge in [-0.3, -0.25) is 0 Å². The van der Waals surface area contributed by atoms with E-state index in [2.05, 4.69) is 16.0 Å². The van der Waals surface area contributed by atoms with Crippen molar-refractivity contribution in [2.45, 2.75) is 19.6 Å². The molecule has 0 radical (unpaired) electrons. The molecule has 0 saturated carbocycles. The molecule has 1 aliphatic heterocycles. The molecule has 0 saturated heterocycles. The van der Waals surface area contributed by atoms with Crippen LogP contribution >= 0.6 is 0 Å². The zero-order chi connectivity index (χ0) is 18.6. The first kappa shape index (κ1) is 17.1. The normalized spacial score (nSPS) is 13.0. The van der Waals surface area contributed by atoms with Crippen LogP contribution in [-0.2, 0) is 24.3 Å². The number of anilines is 1. The standard InChI is InChI=1S/C20H19N5O2/c21-11-15-19(16-12-26-9-5-17(16)24-20(15)22)14-3-1-2-4-18(14)27-10-8-25-7-6-23-13-25/h1-4,6-7,13H,5,8-10,12H2,(H2,22,24). The molecule has 0 unspecified atom stereocenters. The van der Waals surface area contributed by atoms with Gasteiger partial charge in [-0.05, 0) is 6.07 Å². The molecule has 136 valence electrons. The van der Waals surface area contributed by atoms with Gasteiger partial charge >= 0.3 is 0 Å². The summed E-state index contributed by atoms with van der Waals surface area (Å²) >= 11 is 0. The van der Waals surface area contributed by atoms with E-state index in [0.717, 1.165) is 22.4 Å². The van der Waals surface area contributed by atoms with Crippen molar-refractivity contribution in [3.8, 4) is 22.9 Å². The molecule has 2 aromatic heterocycles. The van der Waals surface area contributed by atoms with Gasteiger partial charge in [-0.1, -0.05) is 18.2 Å². The van der Waals surface area contributed by atoms with Crippen LogP contribution in [0.4, 0.5) is 5.82 Å². The maximum Gasteiger partial charge on any atom is 0.142 e. The second-order valence-electron chi connectivity index (χ2n) is 6.23. The highest BCUT2D eigenvalue weighted by molar-refractivity contribution is 5.82. The van der Waals surface area contributed by atoms with Gasteiger partial charge in [0.1, 0.15) is 29.8 Å². The number of aromatic nitrogens is 3. The first-order valence-corrected chi connectivity index (χ1v) is 8.75. The van der Waals surface area contributed by atoms with Gasteiger partial charge in [0.25, 0.3) is 0 Å². The van der Waals surface area contributed by atoms with E-state index in [1.165, 1.54) is 0 Å². The van der Waals surface area contributed by atoms with E-state index in [0.29, 0.717) is 44.1 Å². The van der Waals surface area contributed by atoms with Crippen molar-refractivity contribution in [3.63, 3.8) is 0 Å². The second kappa shape index (κ2) is 7.48. The zero-order valence-electron chi connectivity index (χ0n) is 14.8. The largest absolute Gasteiger partial charge is 0.491 e. The molecular formula is C20H19N5O2. The SMILES string of the molecule is N#Cc1c(N)nc2c(c1-c1ccccc1OCCn1ccnc1)COCC2. The summed E-state index contributed by atoms with van der Waals surface area (Å²) in [5, 5.41) is 9.69. The zero-order valence-corrected chi connectivity index (χ0v) is 14.8. The van der Waals surface area contributed by atoms with E-state index in [1.807, 2.05) is 35.0 Å². The monoisotopic (exact) mass is 361 g/mol. The predicted octanol–water partition coefficient (Wildman–Crippen LogP) is 2.55. The van der Waals surface area contributed by atoms with Crippen LogP contribution in [0.25, 0.3) is 11.1 Å². The van der Waals surface area contributed by atoms with E-state index < -0.39 is 0 Å². The number of ether oxygens (including phenoxy) is 2. The number of nitrogens with two attached hydrogens (primary N) is 1. The van der Waals surface area contributed by atoms with Crippen LogP contribution in [0.3, 0.4) is 0 Å². The summed E-state index contributed by atoms with van der Waals surface area (Å²) in [4.78, 5) is 8.45. The third kappa shape index (κ3) is 3.35. The Morgan fingerprint density at radius 3 is 3.04 bits per heavy atom. The molecule has 7 heteroatoms. The first-order valence-electron chi connectivity index (χ1n) is 8.75. The van der Waals surface area contributed by atoms with Gasteiger partial charge in [-0.2, -0.15) is 5.26 Å². The Morgan fingerprint density at radius 2 is 2.22 bits per heavy atom. The lowest BCUT2D eigenvalue weighted by Crippen LogP contribution is -2.16. The number of rotatable bonds is 5. The van der Waals surface area contributed by atoms with E-state index in [4.69, 9.17) is 15.2 Å². The maximum absolute atomic E-state index is 9.69. The molecule has 0 bridgehead atoms. The van der Waals surface area contributed by atoms with Gasteiger partial charge in [-0.15, -0.1) is 0 Å². The van der Waals surface area contributed by atoms with Crippen LogP contribution in [0.2, 0.25) is 0 Å². The molecule has 1 aromatic carbocycles. The summed E-state index contributed by atoms with van der Waals surface area (Å²) in [6.45, 7) is 2.18. The van der Waals surface area contributed by atoms with Crippen molar-refractivity contribution in [2.24, 2.45) is 0 Å². The lowest BCUT2D eigenvalue weighted by molar-refractivity contribution is 0.109. The van der Waals surface area contributed by atoms with Crippen molar-refractivity contribution >= 4 is 5.82 Å². The van der Waals surface area contributed by atoms with Gasteiger partial charge in [0, 0.05) is 35.5 Å². The fourth-order valence-corrected chi connectivity index (χ4v) is 3.29. The molecule has 0 spiro atoms. The van der Waals surface area contributed by atoms with Crippen LogP contribution in [0.1, 0.15) is 16.8 Å². The Labute approximate surface area is 157 Å². The molecule has 3 aromatic rings. The summed E-state index contributed by atoms with van der Waals surface area (Å²) < 4.78 is 13.6. The van der Waals surface area contributed by atoms with Crippen LogP contribution in [0.5, 0.6) is 5.75 Å². The van der Waals surface area contributed by atoms with Crippen LogP contribution < -0.4 is 10.5 Å². The molecule has 4 rings (SSSR count). The van der Waals surface area contributed by atoms with Crippen LogP contribution in [0.15, 0.2) is 43.0 Å². The first-order chi connectivity index (χ1) is 13.3. The highest BCUT2D eigenvalue weighted by Gasteiger charge is 2.24. The third-order valence-corrected chi connectivity index (χ3v) is 4.58. The average molecular weight is 361 g/mol. The summed E-state index contributed by atoms with van der Waals surface area (Å²) in [5.41, 5.74) is 9.84. The third-order valence-electron chi connectivity index (χ3n) is 4.58. The highest BCUT2D eigenvalue weighted by atomic mass is 16.5. The molecular weight excluding hydrogens is 342 g/mol. The molecule has 0 fully saturated rings. The summed E-state index contributed by atoms with van der Waals surface area (Å²) in [6.07, 6.45) is 6.06. The number of imidazole rings is 1. The lowest BCUT2D eigenvalue weighted by atomic mass is 9.92. The minimum atomic E-state index is 0.251. The van der Waals surface area contributed by atoms with Crippen LogP contribution in [-0.4, -0.2) is 27.7 Å². The molecule has 27 heavy (non-hydrogen) atoms. The number of nitrogen functional groups attached to an aromatic ring is 1. The Balaban J connectivity index is 1.73. The van der Waals surface area contributed by atoms with Gasteiger partial charge in [0.05, 0.1) is 31.8 Å². The molecule has 0 aliphatic carbocycles. The lowest BCUT2D eigenvalue weighted by Gasteiger charge is -2.22. The highest BCUT2D eigenvalue weighted by Crippen LogP contribution is 2.39. The number of benzene rings is 1. The van der Waals surface area contributed by atoms with Crippen molar-refractivity contribution in [1.29, 1.82) is 5.26 Å². The van der Waals surface area contributed by atoms with Crippen molar-refractivity contribution < 1.29 is 9.47 Å². The fraction of sp³-hybridized carbons (Fsp3) is 0.250. The summed E-state index contributed by atoms with van der Waals surface area (Å²) in [6, 6.07) is 9.88. The minimum Gasteiger partial charge on any atom is -0.491 e. The average Bonchev–Trinajstić information content (AvgIpc) is 3.21. The van der Waals surface area contributed by atoms with E-state index >= 15 is 0 Å². The predicted molar refractivity (Wildman–Crippen MR) is 99.9 cm³/mol. The second-order valence-corrected chi connectivity index (χ2v) is 6.23. The Kier molecular flexibility index (Phi) is 4.73. The number of pyridine rings is 1. The number of nitrogens with zero attached hydrogens (tertiary/aromatic N) is 4. The number of fused-ring (bicyclic) bond motifs is 1. The number of hydrogen-bond donors (Lipinski definition) is 1. The van der Waals surface area contributed by atoms with E-state index in [1.54, 1.807) is 12.5 Å². The quantitative estimate of drug-likeness (QED) is 0.750. The number of nitriles is 1. The van der Waals surface area contributed by atoms with Crippen molar-refractivity contribution in [2.75, 3.05) is 18.9 Å². The number of para-hydroxylation sites is 1. The Morgan fingerprint density at radius 1 is 1.33 bits per heavy atom. The smallest absolute Gasteiger partial charge is 0.142 e. The molecule has 2 N–H and O–H groups in total. The Bertz CT molecular complexity index is 992. The minimum absolute atomic E-state index is 0.251. The van der Waals surface area contributed by atoms with Gasteiger partial charge < -0.3 is 19.8 Å². The van der Waals surface area contributed by atoms with Crippen LogP contribution in [0, 0.1) is 11.3 Å². The topological polar surface area (TPSA) is 99.0 Å². The molecule has 0 atom stereocenters. The van der Waals surface area contributed by atoms with Gasteiger partial charge in [0.15, 0.2) is 0 Å². The van der Waals surface area contributed by atoms with Crippen molar-refractivity contribution in [3.05, 3.63) is 59.8 Å². The number of hydrogen-bond acceptors (Lipinski definition) is 6. The van der Waals surface area contributed by atoms with Crippen molar-refractivity contribution in [1.82, 2.24) is 14.5 Å². The fourth-order valence-electron chi connectivity index (χ4n) is 3.29. The van der Waals surface area contributed by atoms with E-state index in [-0.39, 0.29) is 5.82 Å². The van der Waals surface area contributed by atoms with E-state index in [9.17, 15) is 5.26 Å². The molecule has 3 heterocycles. The molecule has 1 aliphatic rings. The molecule has 0 amide bonds. The molecule has 7 nitrogen and oxygen atoms in total. The summed E-state index contributed by atoms with van der Waals surface area (Å²) in [5.74, 6) is 0.953. The summed E-state index contributed by atoms with van der Waals surface area (Å²) in [7, 11) is 0. The van der Waals surface area contributed by atoms with Gasteiger partial charge in [0.2, 0.25) is 0 Å². The maximum atomic E-state index is 9.69.